The van der Waals surface area contributed by atoms with Gasteiger partial charge in [0.25, 0.3) is 0 Å². The van der Waals surface area contributed by atoms with E-state index in [1.807, 2.05) is 0 Å². The molecule has 60 heavy (non-hydrogen) atoms. The molecular formula is C59H41N. The van der Waals surface area contributed by atoms with Gasteiger partial charge in [-0.25, -0.2) is 0 Å². The average Bonchev–Trinajstić information content (AvgIpc) is 3.65. The highest BCUT2D eigenvalue weighted by atomic mass is 15.1. The maximum atomic E-state index is 2.49. The van der Waals surface area contributed by atoms with Crippen LogP contribution in [-0.2, 0) is 0 Å². The number of hydrogen-bond acceptors (Lipinski definition) is 1. The fraction of sp³-hybridized carbons (Fsp3) is 0.0508. The van der Waals surface area contributed by atoms with Gasteiger partial charge in [-0.3, -0.25) is 0 Å². The molecule has 0 aromatic heterocycles. The van der Waals surface area contributed by atoms with Crippen LogP contribution >= 0.6 is 0 Å². The van der Waals surface area contributed by atoms with Gasteiger partial charge in [-0.05, 0) is 126 Å². The minimum absolute atomic E-state index is 0.373. The highest BCUT2D eigenvalue weighted by Gasteiger charge is 2.33. The molecule has 2 aliphatic rings. The van der Waals surface area contributed by atoms with Crippen LogP contribution in [-0.4, -0.2) is 0 Å². The van der Waals surface area contributed by atoms with E-state index in [4.69, 9.17) is 0 Å². The summed E-state index contributed by atoms with van der Waals surface area (Å²) in [4.78, 5) is 2.49. The van der Waals surface area contributed by atoms with Gasteiger partial charge in [-0.2, -0.15) is 0 Å². The lowest BCUT2D eigenvalue weighted by Crippen LogP contribution is -2.11. The van der Waals surface area contributed by atoms with Crippen molar-refractivity contribution in [3.63, 3.8) is 0 Å². The number of rotatable bonds is 6. The molecule has 0 spiro atoms. The summed E-state index contributed by atoms with van der Waals surface area (Å²) in [6, 6.07) is 72.3. The molecule has 0 amide bonds. The molecule has 0 saturated heterocycles. The molecule has 1 heteroatoms. The highest BCUT2D eigenvalue weighted by Crippen LogP contribution is 2.54. The minimum Gasteiger partial charge on any atom is -0.310 e. The second-order valence-electron chi connectivity index (χ2n) is 16.4. The molecule has 0 heterocycles. The first-order valence-corrected chi connectivity index (χ1v) is 21.1. The normalized spacial score (nSPS) is 15.3. The Labute approximate surface area is 350 Å². The lowest BCUT2D eigenvalue weighted by molar-refractivity contribution is 0.769. The van der Waals surface area contributed by atoms with Gasteiger partial charge in [0.05, 0.1) is 5.69 Å². The largest absolute Gasteiger partial charge is 0.310 e. The SMILES string of the molecule is Cc1ccc(N(c2ccc3c(c2)c2ccccc2c2c(-c4ccccc4)cc(-c4ccccc4)c(-c4ccccc4)c32)c2ccc3c4c(cccc24)C2C=CC=CC32)cc1. The standard InChI is InChI=1S/C59H41N/c1-38-28-30-42(31-29-38)60(55-35-34-49-45-23-12-11-22-44(45)47-26-15-27-51(55)57(47)49)43-32-33-50-54(36-43)46-24-13-14-25-48(46)58-53(40-18-7-3-8-19-40)37-52(39-16-5-2-6-17-39)56(59(50)58)41-20-9-4-10-21-41/h2-37,44-45H,1H3. The number of aryl methyl sites for hydroxylation is 1. The summed E-state index contributed by atoms with van der Waals surface area (Å²) in [6.07, 6.45) is 9.18. The first-order valence-electron chi connectivity index (χ1n) is 21.1. The molecule has 0 saturated carbocycles. The van der Waals surface area contributed by atoms with Crippen LogP contribution in [0.4, 0.5) is 17.1 Å². The third-order valence-electron chi connectivity index (χ3n) is 13.0. The second-order valence-corrected chi connectivity index (χ2v) is 16.4. The Morgan fingerprint density at radius 3 is 1.63 bits per heavy atom. The van der Waals surface area contributed by atoms with Gasteiger partial charge >= 0.3 is 0 Å². The molecule has 282 valence electrons. The number of anilines is 3. The van der Waals surface area contributed by atoms with Crippen LogP contribution in [0.5, 0.6) is 0 Å². The fourth-order valence-electron chi connectivity index (χ4n) is 10.4. The molecule has 0 radical (unpaired) electrons. The van der Waals surface area contributed by atoms with Crippen molar-refractivity contribution in [1.29, 1.82) is 0 Å². The molecule has 2 aliphatic carbocycles. The summed E-state index contributed by atoms with van der Waals surface area (Å²) < 4.78 is 0. The van der Waals surface area contributed by atoms with Gasteiger partial charge < -0.3 is 4.90 Å². The number of nitrogens with zero attached hydrogens (tertiary/aromatic N) is 1. The van der Waals surface area contributed by atoms with E-state index in [0.29, 0.717) is 11.8 Å². The molecule has 10 aromatic carbocycles. The third-order valence-corrected chi connectivity index (χ3v) is 13.0. The van der Waals surface area contributed by atoms with E-state index in [9.17, 15) is 0 Å². The quantitative estimate of drug-likeness (QED) is 0.152. The van der Waals surface area contributed by atoms with Crippen LogP contribution < -0.4 is 4.90 Å². The fourth-order valence-corrected chi connectivity index (χ4v) is 10.4. The number of allylic oxidation sites excluding steroid dienone is 4. The zero-order chi connectivity index (χ0) is 39.7. The maximum Gasteiger partial charge on any atom is 0.0540 e. The van der Waals surface area contributed by atoms with Gasteiger partial charge in [0.1, 0.15) is 0 Å². The summed E-state index contributed by atoms with van der Waals surface area (Å²) in [5.41, 5.74) is 14.9. The minimum atomic E-state index is 0.373. The Kier molecular flexibility index (Phi) is 7.96. The Morgan fingerprint density at radius 2 is 0.933 bits per heavy atom. The van der Waals surface area contributed by atoms with Crippen LogP contribution in [0, 0.1) is 6.92 Å². The maximum absolute atomic E-state index is 2.49. The van der Waals surface area contributed by atoms with E-state index in [-0.39, 0.29) is 0 Å². The molecule has 10 aromatic rings. The van der Waals surface area contributed by atoms with Crippen molar-refractivity contribution in [2.24, 2.45) is 0 Å². The number of benzene rings is 10. The van der Waals surface area contributed by atoms with E-state index in [2.05, 4.69) is 230 Å². The van der Waals surface area contributed by atoms with Crippen molar-refractivity contribution in [1.82, 2.24) is 0 Å². The second kappa shape index (κ2) is 13.8. The van der Waals surface area contributed by atoms with E-state index >= 15 is 0 Å². The molecule has 2 unspecified atom stereocenters. The zero-order valence-corrected chi connectivity index (χ0v) is 33.4. The summed E-state index contributed by atoms with van der Waals surface area (Å²) in [5.74, 6) is 0.745. The van der Waals surface area contributed by atoms with Crippen molar-refractivity contribution in [2.45, 2.75) is 18.8 Å². The zero-order valence-electron chi connectivity index (χ0n) is 33.4. The molecule has 0 bridgehead atoms. The molecule has 12 rings (SSSR count). The lowest BCUT2D eigenvalue weighted by atomic mass is 9.81. The van der Waals surface area contributed by atoms with E-state index < -0.39 is 0 Å². The first-order chi connectivity index (χ1) is 29.7. The third kappa shape index (κ3) is 5.33. The van der Waals surface area contributed by atoms with E-state index in [0.717, 1.165) is 11.4 Å². The van der Waals surface area contributed by atoms with Crippen molar-refractivity contribution in [3.05, 3.63) is 235 Å². The summed E-state index contributed by atoms with van der Waals surface area (Å²) in [6.45, 7) is 2.17. The Bertz CT molecular complexity index is 3340. The van der Waals surface area contributed by atoms with Gasteiger partial charge in [-0.15, -0.1) is 0 Å². The molecule has 0 N–H and O–H groups in total. The first kappa shape index (κ1) is 34.6. The Hall–Kier alpha value is -7.48. The summed E-state index contributed by atoms with van der Waals surface area (Å²) in [5, 5.41) is 10.2. The van der Waals surface area contributed by atoms with Crippen LogP contribution in [0.3, 0.4) is 0 Å². The van der Waals surface area contributed by atoms with E-state index in [1.54, 1.807) is 0 Å². The van der Waals surface area contributed by atoms with Gasteiger partial charge in [0.15, 0.2) is 0 Å². The molecular weight excluding hydrogens is 723 g/mol. The van der Waals surface area contributed by atoms with Gasteiger partial charge in [0, 0.05) is 28.6 Å². The summed E-state index contributed by atoms with van der Waals surface area (Å²) >= 11 is 0. The number of hydrogen-bond donors (Lipinski definition) is 0. The smallest absolute Gasteiger partial charge is 0.0540 e. The lowest BCUT2D eigenvalue weighted by Gasteiger charge is -2.28. The highest BCUT2D eigenvalue weighted by molar-refractivity contribution is 6.33. The Balaban J connectivity index is 1.20. The summed E-state index contributed by atoms with van der Waals surface area (Å²) in [7, 11) is 0. The molecule has 2 atom stereocenters. The topological polar surface area (TPSA) is 3.24 Å². The average molecular weight is 764 g/mol. The van der Waals surface area contributed by atoms with Crippen molar-refractivity contribution in [2.75, 3.05) is 4.90 Å². The van der Waals surface area contributed by atoms with Gasteiger partial charge in [-0.1, -0.05) is 188 Å². The molecule has 0 fully saturated rings. The van der Waals surface area contributed by atoms with Crippen molar-refractivity contribution >= 4 is 60.2 Å². The van der Waals surface area contributed by atoms with Crippen molar-refractivity contribution < 1.29 is 0 Å². The van der Waals surface area contributed by atoms with Crippen molar-refractivity contribution in [3.8, 4) is 33.4 Å². The van der Waals surface area contributed by atoms with E-state index in [1.165, 1.54) is 98.8 Å². The van der Waals surface area contributed by atoms with Crippen LogP contribution in [0.1, 0.15) is 28.5 Å². The molecule has 1 nitrogen and oxygen atoms in total. The number of fused-ring (bicyclic) bond motifs is 9. The van der Waals surface area contributed by atoms with Crippen LogP contribution in [0.25, 0.3) is 76.5 Å². The predicted molar refractivity (Wildman–Crippen MR) is 256 cm³/mol. The monoisotopic (exact) mass is 763 g/mol. The Morgan fingerprint density at radius 1 is 0.367 bits per heavy atom. The molecule has 0 aliphatic heterocycles. The van der Waals surface area contributed by atoms with Crippen LogP contribution in [0.2, 0.25) is 0 Å². The predicted octanol–water partition coefficient (Wildman–Crippen LogP) is 16.4. The van der Waals surface area contributed by atoms with Crippen LogP contribution in [0.15, 0.2) is 218 Å². The van der Waals surface area contributed by atoms with Gasteiger partial charge in [0.2, 0.25) is 0 Å².